The van der Waals surface area contributed by atoms with Crippen LogP contribution in [0.5, 0.6) is 5.75 Å². The zero-order valence-electron chi connectivity index (χ0n) is 15.4. The first-order valence-electron chi connectivity index (χ1n) is 9.46. The third-order valence-electron chi connectivity index (χ3n) is 5.01. The lowest BCUT2D eigenvalue weighted by Crippen LogP contribution is -2.20. The lowest BCUT2D eigenvalue weighted by Gasteiger charge is -2.29. The van der Waals surface area contributed by atoms with Gasteiger partial charge in [-0.05, 0) is 55.4 Å². The maximum atomic E-state index is 14.4. The van der Waals surface area contributed by atoms with Crippen LogP contribution < -0.4 is 4.74 Å². The highest BCUT2D eigenvalue weighted by molar-refractivity contribution is 5.65. The molecule has 1 fully saturated rings. The van der Waals surface area contributed by atoms with Crippen LogP contribution in [0.1, 0.15) is 51.2 Å². The minimum atomic E-state index is -0.939. The maximum absolute atomic E-state index is 14.4. The predicted molar refractivity (Wildman–Crippen MR) is 99.3 cm³/mol. The molecule has 2 aromatic rings. The summed E-state index contributed by atoms with van der Waals surface area (Å²) in [5, 5.41) is 0. The maximum Gasteiger partial charge on any atom is 0.201 e. The molecule has 0 aromatic heterocycles. The van der Waals surface area contributed by atoms with Gasteiger partial charge < -0.3 is 9.47 Å². The summed E-state index contributed by atoms with van der Waals surface area (Å²) in [6, 6.07) is 10.6. The van der Waals surface area contributed by atoms with E-state index in [-0.39, 0.29) is 17.4 Å². The van der Waals surface area contributed by atoms with Crippen LogP contribution in [0.2, 0.25) is 0 Å². The Labute approximate surface area is 154 Å². The monoisotopic (exact) mass is 360 g/mol. The molecule has 26 heavy (non-hydrogen) atoms. The average Bonchev–Trinajstić information content (AvgIpc) is 2.67. The number of benzene rings is 2. The van der Waals surface area contributed by atoms with E-state index in [1.54, 1.807) is 13.0 Å². The van der Waals surface area contributed by atoms with Crippen molar-refractivity contribution in [1.29, 1.82) is 0 Å². The van der Waals surface area contributed by atoms with Gasteiger partial charge in [-0.2, -0.15) is 4.39 Å². The summed E-state index contributed by atoms with van der Waals surface area (Å²) in [6.07, 6.45) is 4.69. The highest BCUT2D eigenvalue weighted by Crippen LogP contribution is 2.34. The molecule has 0 saturated carbocycles. The predicted octanol–water partition coefficient (Wildman–Crippen LogP) is 6.30. The van der Waals surface area contributed by atoms with E-state index < -0.39 is 11.6 Å². The van der Waals surface area contributed by atoms with Crippen LogP contribution in [-0.4, -0.2) is 13.2 Å². The molecule has 1 aliphatic rings. The van der Waals surface area contributed by atoms with Gasteiger partial charge in [-0.1, -0.05) is 37.6 Å². The summed E-state index contributed by atoms with van der Waals surface area (Å²) in [5.41, 5.74) is 1.98. The Hall–Kier alpha value is -1.94. The molecule has 0 N–H and O–H groups in total. The highest BCUT2D eigenvalue weighted by Gasteiger charge is 2.22. The minimum Gasteiger partial charge on any atom is -0.491 e. The molecule has 2 unspecified atom stereocenters. The zero-order chi connectivity index (χ0) is 18.5. The molecule has 3 rings (SSSR count). The van der Waals surface area contributed by atoms with Crippen LogP contribution in [0, 0.1) is 17.6 Å². The summed E-state index contributed by atoms with van der Waals surface area (Å²) in [4.78, 5) is 0. The average molecular weight is 360 g/mol. The van der Waals surface area contributed by atoms with Crippen LogP contribution in [0.25, 0.3) is 11.1 Å². The van der Waals surface area contributed by atoms with Crippen LogP contribution in [0.4, 0.5) is 8.78 Å². The number of hydrogen-bond donors (Lipinski definition) is 0. The van der Waals surface area contributed by atoms with E-state index in [9.17, 15) is 8.78 Å². The standard InChI is InChI=1S/C22H26F2O2/c1-3-5-15-6-12-19(26-14-15)17-9-7-16(8-10-17)18-11-13-20(25-4-2)22(24)21(18)23/h7-11,13,15,19H,3-6,12,14H2,1-2H3. The Kier molecular flexibility index (Phi) is 6.25. The fourth-order valence-corrected chi connectivity index (χ4v) is 3.60. The molecule has 2 nitrogen and oxygen atoms in total. The third kappa shape index (κ3) is 4.07. The molecular formula is C22H26F2O2. The molecule has 2 aromatic carbocycles. The van der Waals surface area contributed by atoms with Crippen molar-refractivity contribution in [2.45, 2.75) is 45.6 Å². The van der Waals surface area contributed by atoms with E-state index in [1.807, 2.05) is 24.3 Å². The smallest absolute Gasteiger partial charge is 0.201 e. The van der Waals surface area contributed by atoms with Gasteiger partial charge in [0.1, 0.15) is 0 Å². The van der Waals surface area contributed by atoms with Crippen molar-refractivity contribution >= 4 is 0 Å². The summed E-state index contributed by atoms with van der Waals surface area (Å²) in [6.45, 7) is 5.04. The van der Waals surface area contributed by atoms with Gasteiger partial charge in [-0.3, -0.25) is 0 Å². The summed E-state index contributed by atoms with van der Waals surface area (Å²) < 4.78 is 39.6. The molecule has 1 saturated heterocycles. The van der Waals surface area contributed by atoms with Gasteiger partial charge in [0, 0.05) is 5.56 Å². The Morgan fingerprint density at radius 2 is 1.77 bits per heavy atom. The number of rotatable bonds is 6. The molecular weight excluding hydrogens is 334 g/mol. The summed E-state index contributed by atoms with van der Waals surface area (Å²) in [5.74, 6) is -1.20. The van der Waals surface area contributed by atoms with E-state index in [0.717, 1.165) is 18.6 Å². The molecule has 4 heteroatoms. The van der Waals surface area contributed by atoms with E-state index in [4.69, 9.17) is 9.47 Å². The Morgan fingerprint density at radius 3 is 2.38 bits per heavy atom. The quantitative estimate of drug-likeness (QED) is 0.602. The molecule has 1 aliphatic heterocycles. The van der Waals surface area contributed by atoms with Crippen molar-refractivity contribution in [1.82, 2.24) is 0 Å². The molecule has 0 bridgehead atoms. The van der Waals surface area contributed by atoms with Gasteiger partial charge in [0.2, 0.25) is 5.82 Å². The van der Waals surface area contributed by atoms with Crippen molar-refractivity contribution < 1.29 is 18.3 Å². The second kappa shape index (κ2) is 8.63. The largest absolute Gasteiger partial charge is 0.491 e. The summed E-state index contributed by atoms with van der Waals surface area (Å²) >= 11 is 0. The van der Waals surface area contributed by atoms with Crippen LogP contribution in [0.3, 0.4) is 0 Å². The normalized spacial score (nSPS) is 20.2. The van der Waals surface area contributed by atoms with Gasteiger partial charge >= 0.3 is 0 Å². The number of hydrogen-bond acceptors (Lipinski definition) is 2. The third-order valence-corrected chi connectivity index (χ3v) is 5.01. The van der Waals surface area contributed by atoms with Crippen molar-refractivity contribution in [3.05, 3.63) is 53.6 Å². The van der Waals surface area contributed by atoms with Gasteiger partial charge in [0.15, 0.2) is 11.6 Å². The zero-order valence-corrected chi connectivity index (χ0v) is 15.4. The van der Waals surface area contributed by atoms with Gasteiger partial charge in [0.05, 0.1) is 19.3 Å². The van der Waals surface area contributed by atoms with Crippen molar-refractivity contribution in [3.8, 4) is 16.9 Å². The Bertz CT molecular complexity index is 720. The van der Waals surface area contributed by atoms with E-state index in [1.165, 1.54) is 25.3 Å². The molecule has 0 amide bonds. The molecule has 0 spiro atoms. The fourth-order valence-electron chi connectivity index (χ4n) is 3.60. The van der Waals surface area contributed by atoms with E-state index in [0.29, 0.717) is 18.1 Å². The second-order valence-electron chi connectivity index (χ2n) is 6.85. The van der Waals surface area contributed by atoms with Gasteiger partial charge in [-0.15, -0.1) is 0 Å². The van der Waals surface area contributed by atoms with Crippen molar-refractivity contribution in [2.75, 3.05) is 13.2 Å². The molecule has 1 heterocycles. The lowest BCUT2D eigenvalue weighted by molar-refractivity contribution is -0.0194. The first-order chi connectivity index (χ1) is 12.6. The first-order valence-corrected chi connectivity index (χ1v) is 9.46. The van der Waals surface area contributed by atoms with E-state index >= 15 is 0 Å². The topological polar surface area (TPSA) is 18.5 Å². The van der Waals surface area contributed by atoms with Gasteiger partial charge in [-0.25, -0.2) is 4.39 Å². The molecule has 140 valence electrons. The van der Waals surface area contributed by atoms with Gasteiger partial charge in [0.25, 0.3) is 0 Å². The molecule has 0 aliphatic carbocycles. The summed E-state index contributed by atoms with van der Waals surface area (Å²) in [7, 11) is 0. The van der Waals surface area contributed by atoms with Crippen LogP contribution in [-0.2, 0) is 4.74 Å². The Balaban J connectivity index is 1.73. The SMILES string of the molecule is CCCC1CCC(c2ccc(-c3ccc(OCC)c(F)c3F)cc2)OC1. The molecule has 0 radical (unpaired) electrons. The number of halogens is 2. The van der Waals surface area contributed by atoms with Crippen LogP contribution >= 0.6 is 0 Å². The van der Waals surface area contributed by atoms with Crippen molar-refractivity contribution in [2.24, 2.45) is 5.92 Å². The highest BCUT2D eigenvalue weighted by atomic mass is 19.2. The van der Waals surface area contributed by atoms with Crippen molar-refractivity contribution in [3.63, 3.8) is 0 Å². The Morgan fingerprint density at radius 1 is 1.00 bits per heavy atom. The lowest BCUT2D eigenvalue weighted by atomic mass is 9.91. The second-order valence-corrected chi connectivity index (χ2v) is 6.85. The number of ether oxygens (including phenoxy) is 2. The minimum absolute atomic E-state index is 0.0531. The van der Waals surface area contributed by atoms with Crippen LogP contribution in [0.15, 0.2) is 36.4 Å². The first kappa shape index (κ1) is 18.8. The molecule has 2 atom stereocenters. The fraction of sp³-hybridized carbons (Fsp3) is 0.455. The van der Waals surface area contributed by atoms with E-state index in [2.05, 4.69) is 6.92 Å².